The number of anilines is 1. The molecule has 2 N–H and O–H groups in total. The molecule has 0 radical (unpaired) electrons. The Hall–Kier alpha value is -2.66. The summed E-state index contributed by atoms with van der Waals surface area (Å²) in [6.07, 6.45) is -10.9. The van der Waals surface area contributed by atoms with E-state index in [4.69, 9.17) is 4.74 Å². The van der Waals surface area contributed by atoms with Crippen LogP contribution in [0.1, 0.15) is 34.7 Å². The number of carbonyl (C=O) groups is 1. The summed E-state index contributed by atoms with van der Waals surface area (Å²) in [6, 6.07) is 5.45. The molecule has 2 aliphatic heterocycles. The van der Waals surface area contributed by atoms with Gasteiger partial charge < -0.3 is 15.2 Å². The fourth-order valence-corrected chi connectivity index (χ4v) is 4.48. The zero-order valence-corrected chi connectivity index (χ0v) is 16.5. The molecule has 172 valence electrons. The quantitative estimate of drug-likeness (QED) is 0.671. The summed E-state index contributed by atoms with van der Waals surface area (Å²) >= 11 is 0. The normalized spacial score (nSPS) is 27.6. The van der Waals surface area contributed by atoms with Crippen molar-refractivity contribution in [2.75, 3.05) is 5.32 Å². The number of aromatic nitrogens is 1. The van der Waals surface area contributed by atoms with Gasteiger partial charge in [0.15, 0.2) is 0 Å². The van der Waals surface area contributed by atoms with Crippen LogP contribution >= 0.6 is 0 Å². The Kier molecular flexibility index (Phi) is 5.44. The van der Waals surface area contributed by atoms with Crippen LogP contribution < -0.4 is 5.32 Å². The Morgan fingerprint density at radius 3 is 2.50 bits per heavy atom. The third-order valence-corrected chi connectivity index (χ3v) is 5.90. The number of alkyl halides is 6. The van der Waals surface area contributed by atoms with Crippen molar-refractivity contribution in [3.63, 3.8) is 0 Å². The van der Waals surface area contributed by atoms with Crippen LogP contribution in [-0.2, 0) is 21.9 Å². The first kappa shape index (κ1) is 22.5. The Labute approximate surface area is 178 Å². The van der Waals surface area contributed by atoms with Gasteiger partial charge >= 0.3 is 12.4 Å². The van der Waals surface area contributed by atoms with Gasteiger partial charge in [0.2, 0.25) is 5.91 Å². The summed E-state index contributed by atoms with van der Waals surface area (Å²) in [4.78, 5) is 16.3. The summed E-state index contributed by atoms with van der Waals surface area (Å²) in [7, 11) is 0. The van der Waals surface area contributed by atoms with E-state index in [-0.39, 0.29) is 23.2 Å². The van der Waals surface area contributed by atoms with Crippen molar-refractivity contribution in [3.05, 3.63) is 58.9 Å². The second kappa shape index (κ2) is 7.73. The smallest absolute Gasteiger partial charge is 0.390 e. The number of nitrogens with one attached hydrogen (secondary N) is 1. The van der Waals surface area contributed by atoms with E-state index in [9.17, 15) is 36.2 Å². The first-order valence-corrected chi connectivity index (χ1v) is 9.71. The van der Waals surface area contributed by atoms with Crippen LogP contribution in [0.5, 0.6) is 0 Å². The summed E-state index contributed by atoms with van der Waals surface area (Å²) in [6.45, 7) is 1.29. The summed E-state index contributed by atoms with van der Waals surface area (Å²) in [5.41, 5.74) is -2.06. The number of amides is 1. The zero-order chi connectivity index (χ0) is 23.4. The average molecular weight is 460 g/mol. The molecule has 0 spiro atoms. The van der Waals surface area contributed by atoms with Crippen molar-refractivity contribution in [2.45, 2.75) is 49.9 Å². The Morgan fingerprint density at radius 1 is 1.12 bits per heavy atom. The number of carbonyl (C=O) groups excluding carboxylic acids is 1. The average Bonchev–Trinajstić information content (AvgIpc) is 3.25. The predicted octanol–water partition coefficient (Wildman–Crippen LogP) is 4.30. The number of aliphatic hydroxyl groups excluding tert-OH is 1. The molecule has 1 amide bonds. The Bertz CT molecular complexity index is 1040. The molecule has 2 saturated heterocycles. The minimum absolute atomic E-state index is 0.0174. The van der Waals surface area contributed by atoms with Crippen LogP contribution in [0, 0.1) is 12.8 Å². The number of hydrogen-bond donors (Lipinski definition) is 2. The largest absolute Gasteiger partial charge is 0.433 e. The van der Waals surface area contributed by atoms with Crippen molar-refractivity contribution >= 4 is 11.6 Å². The molecular formula is C21H18F6N2O3. The fourth-order valence-electron chi connectivity index (χ4n) is 4.48. The highest BCUT2D eigenvalue weighted by atomic mass is 19.4. The molecule has 1 aromatic heterocycles. The second-order valence-electron chi connectivity index (χ2n) is 7.98. The number of nitrogens with zero attached hydrogens (tertiary/aromatic N) is 1. The van der Waals surface area contributed by atoms with E-state index in [0.717, 1.165) is 18.3 Å². The lowest BCUT2D eigenvalue weighted by Gasteiger charge is -2.30. The topological polar surface area (TPSA) is 71.5 Å². The molecule has 1 aromatic carbocycles. The van der Waals surface area contributed by atoms with Gasteiger partial charge in [-0.15, -0.1) is 0 Å². The maximum absolute atomic E-state index is 13.2. The van der Waals surface area contributed by atoms with E-state index in [0.29, 0.717) is 0 Å². The molecule has 32 heavy (non-hydrogen) atoms. The molecule has 0 saturated carbocycles. The maximum Gasteiger partial charge on any atom is 0.433 e. The van der Waals surface area contributed by atoms with Gasteiger partial charge in [0.1, 0.15) is 5.69 Å². The van der Waals surface area contributed by atoms with Gasteiger partial charge in [-0.1, -0.05) is 6.07 Å². The van der Waals surface area contributed by atoms with Crippen LogP contribution in [0.2, 0.25) is 0 Å². The van der Waals surface area contributed by atoms with Crippen molar-refractivity contribution in [1.82, 2.24) is 4.98 Å². The minimum atomic E-state index is -4.71. The molecule has 4 rings (SSSR count). The number of aliphatic hydroxyl groups is 1. The molecule has 5 unspecified atom stereocenters. The van der Waals surface area contributed by atoms with Crippen molar-refractivity contribution in [1.29, 1.82) is 0 Å². The summed E-state index contributed by atoms with van der Waals surface area (Å²) in [5.74, 6) is -2.61. The highest BCUT2D eigenvalue weighted by molar-refractivity contribution is 5.94. The molecule has 2 aromatic rings. The minimum Gasteiger partial charge on any atom is -0.390 e. The van der Waals surface area contributed by atoms with Gasteiger partial charge in [0, 0.05) is 24.2 Å². The van der Waals surface area contributed by atoms with Gasteiger partial charge in [-0.2, -0.15) is 26.3 Å². The predicted molar refractivity (Wildman–Crippen MR) is 99.6 cm³/mol. The molecule has 11 heteroatoms. The Balaban J connectivity index is 1.65. The number of pyridine rings is 1. The summed E-state index contributed by atoms with van der Waals surface area (Å²) in [5, 5.41) is 12.6. The zero-order valence-electron chi connectivity index (χ0n) is 16.5. The van der Waals surface area contributed by atoms with Crippen molar-refractivity contribution in [2.24, 2.45) is 5.92 Å². The van der Waals surface area contributed by atoms with Crippen molar-refractivity contribution < 1.29 is 41.0 Å². The van der Waals surface area contributed by atoms with Gasteiger partial charge in [-0.3, -0.25) is 9.78 Å². The number of fused-ring (bicyclic) bond motifs is 2. The third-order valence-electron chi connectivity index (χ3n) is 5.90. The lowest BCUT2D eigenvalue weighted by molar-refractivity contribution is -0.141. The lowest BCUT2D eigenvalue weighted by atomic mass is 9.74. The number of rotatable bonds is 3. The van der Waals surface area contributed by atoms with Gasteiger partial charge in [-0.25, -0.2) is 0 Å². The van der Waals surface area contributed by atoms with Gasteiger partial charge in [0.25, 0.3) is 0 Å². The van der Waals surface area contributed by atoms with Crippen molar-refractivity contribution in [3.8, 4) is 0 Å². The highest BCUT2D eigenvalue weighted by Crippen LogP contribution is 2.50. The first-order chi connectivity index (χ1) is 14.9. The molecule has 0 aliphatic carbocycles. The van der Waals surface area contributed by atoms with E-state index in [1.165, 1.54) is 25.1 Å². The van der Waals surface area contributed by atoms with E-state index < -0.39 is 59.7 Å². The van der Waals surface area contributed by atoms with E-state index >= 15 is 0 Å². The molecule has 5 nitrogen and oxygen atoms in total. The van der Waals surface area contributed by atoms with Gasteiger partial charge in [-0.05, 0) is 42.3 Å². The van der Waals surface area contributed by atoms with E-state index in [1.54, 1.807) is 0 Å². The maximum atomic E-state index is 13.2. The SMILES string of the molecule is Cc1ccc(NC(=O)C2C3CC(O)C(O3)C2c2ccnc(C(F)(F)F)c2)cc1C(F)(F)F. The second-order valence-corrected chi connectivity index (χ2v) is 7.98. The molecule has 3 heterocycles. The monoisotopic (exact) mass is 460 g/mol. The highest BCUT2D eigenvalue weighted by Gasteiger charge is 2.57. The van der Waals surface area contributed by atoms with Crippen LogP contribution in [0.4, 0.5) is 32.0 Å². The summed E-state index contributed by atoms with van der Waals surface area (Å²) < 4.78 is 84.6. The number of aryl methyl sites for hydroxylation is 1. The fraction of sp³-hybridized carbons (Fsp3) is 0.429. The van der Waals surface area contributed by atoms with Gasteiger partial charge in [0.05, 0.1) is 29.8 Å². The van der Waals surface area contributed by atoms with E-state index in [1.807, 2.05) is 0 Å². The Morgan fingerprint density at radius 2 is 1.84 bits per heavy atom. The molecular weight excluding hydrogens is 442 g/mol. The third kappa shape index (κ3) is 4.06. The van der Waals surface area contributed by atoms with Crippen LogP contribution in [0.25, 0.3) is 0 Å². The van der Waals surface area contributed by atoms with E-state index in [2.05, 4.69) is 10.3 Å². The molecule has 2 bridgehead atoms. The lowest BCUT2D eigenvalue weighted by Crippen LogP contribution is -2.41. The standard InChI is InChI=1S/C21H18F6N2O3/c1-9-2-3-11(7-12(9)20(22,23)24)29-19(31)17-14-8-13(30)18(32-14)16(17)10-4-5-28-15(6-10)21(25,26)27/h2-7,13-14,16-18,30H,8H2,1H3,(H,29,31). The number of hydrogen-bond acceptors (Lipinski definition) is 4. The molecule has 5 atom stereocenters. The van der Waals surface area contributed by atoms with Crippen LogP contribution in [-0.4, -0.2) is 34.3 Å². The molecule has 2 aliphatic rings. The van der Waals surface area contributed by atoms with Crippen LogP contribution in [0.3, 0.4) is 0 Å². The molecule has 2 fully saturated rings. The number of halogens is 6. The number of ether oxygens (including phenoxy) is 1. The first-order valence-electron chi connectivity index (χ1n) is 9.71. The number of benzene rings is 1. The van der Waals surface area contributed by atoms with Crippen LogP contribution in [0.15, 0.2) is 36.5 Å².